The number of hydrogen-bond donors (Lipinski definition) is 2. The van der Waals surface area contributed by atoms with Gasteiger partial charge in [-0.15, -0.1) is 0 Å². The number of aliphatic hydroxyl groups is 1. The highest BCUT2D eigenvalue weighted by Crippen LogP contribution is 2.06. The van der Waals surface area contributed by atoms with Crippen molar-refractivity contribution in [2.24, 2.45) is 0 Å². The zero-order chi connectivity index (χ0) is 11.6. The van der Waals surface area contributed by atoms with Crippen LogP contribution < -0.4 is 5.32 Å². The summed E-state index contributed by atoms with van der Waals surface area (Å²) in [4.78, 5) is 0. The monoisotopic (exact) mass is 215 g/mol. The molecule has 0 fully saturated rings. The van der Waals surface area contributed by atoms with E-state index < -0.39 is 5.60 Å². The largest absolute Gasteiger partial charge is 0.390 e. The highest BCUT2D eigenvalue weighted by atomic mass is 16.3. The van der Waals surface area contributed by atoms with Crippen molar-refractivity contribution < 1.29 is 5.11 Å². The summed E-state index contributed by atoms with van der Waals surface area (Å²) < 4.78 is 0. The molecule has 0 spiro atoms. The molecule has 0 atom stereocenters. The minimum atomic E-state index is -0.520. The fourth-order valence-corrected chi connectivity index (χ4v) is 1.55. The molecule has 0 aromatic heterocycles. The third-order valence-electron chi connectivity index (χ3n) is 2.62. The molecule has 0 aliphatic heterocycles. The Hall–Kier alpha value is -0.0800. The second kappa shape index (κ2) is 9.17. The summed E-state index contributed by atoms with van der Waals surface area (Å²) in [5.41, 5.74) is -0.520. The Kier molecular flexibility index (Phi) is 9.12. The second-order valence-corrected chi connectivity index (χ2v) is 5.08. The molecule has 2 nitrogen and oxygen atoms in total. The predicted molar refractivity (Wildman–Crippen MR) is 67.2 cm³/mol. The number of unbranched alkanes of at least 4 members (excludes halogenated alkanes) is 5. The van der Waals surface area contributed by atoms with Crippen LogP contribution in [0.5, 0.6) is 0 Å². The summed E-state index contributed by atoms with van der Waals surface area (Å²) in [5, 5.41) is 12.9. The molecular formula is C13H29NO. The van der Waals surface area contributed by atoms with Gasteiger partial charge in [0.2, 0.25) is 0 Å². The fourth-order valence-electron chi connectivity index (χ4n) is 1.55. The van der Waals surface area contributed by atoms with Crippen LogP contribution in [0, 0.1) is 0 Å². The molecule has 92 valence electrons. The minimum absolute atomic E-state index is 0.520. The van der Waals surface area contributed by atoms with E-state index >= 15 is 0 Å². The van der Waals surface area contributed by atoms with E-state index in [0.29, 0.717) is 0 Å². The minimum Gasteiger partial charge on any atom is -0.390 e. The first-order chi connectivity index (χ1) is 7.06. The van der Waals surface area contributed by atoms with Gasteiger partial charge in [-0.2, -0.15) is 0 Å². The van der Waals surface area contributed by atoms with Gasteiger partial charge in [-0.05, 0) is 39.8 Å². The lowest BCUT2D eigenvalue weighted by atomic mass is 10.1. The van der Waals surface area contributed by atoms with E-state index in [1.807, 2.05) is 13.8 Å². The van der Waals surface area contributed by atoms with Gasteiger partial charge in [0.15, 0.2) is 0 Å². The van der Waals surface area contributed by atoms with Crippen LogP contribution >= 0.6 is 0 Å². The molecule has 0 radical (unpaired) electrons. The lowest BCUT2D eigenvalue weighted by Gasteiger charge is -2.16. The SMILES string of the molecule is CCCCCCCCNCCC(C)(C)O. The molecule has 0 aliphatic carbocycles. The fraction of sp³-hybridized carbons (Fsp3) is 1.00. The van der Waals surface area contributed by atoms with Crippen molar-refractivity contribution in [2.45, 2.75) is 71.3 Å². The van der Waals surface area contributed by atoms with Gasteiger partial charge in [0.1, 0.15) is 0 Å². The molecule has 0 saturated carbocycles. The molecule has 0 bridgehead atoms. The molecule has 0 aliphatic rings. The molecule has 0 saturated heterocycles. The predicted octanol–water partition coefficient (Wildman–Crippen LogP) is 3.10. The summed E-state index contributed by atoms with van der Waals surface area (Å²) in [6.45, 7) is 8.00. The summed E-state index contributed by atoms with van der Waals surface area (Å²) in [5.74, 6) is 0. The Bertz CT molecular complexity index is 129. The maximum atomic E-state index is 9.48. The van der Waals surface area contributed by atoms with Crippen LogP contribution in [0.15, 0.2) is 0 Å². The molecule has 0 unspecified atom stereocenters. The Morgan fingerprint density at radius 3 is 2.13 bits per heavy atom. The van der Waals surface area contributed by atoms with Crippen LogP contribution in [0.2, 0.25) is 0 Å². The van der Waals surface area contributed by atoms with E-state index in [9.17, 15) is 5.11 Å². The standard InChI is InChI=1S/C13H29NO/c1-4-5-6-7-8-9-11-14-12-10-13(2,3)15/h14-15H,4-12H2,1-3H3. The first kappa shape index (κ1) is 14.9. The lowest BCUT2D eigenvalue weighted by Crippen LogP contribution is -2.27. The highest BCUT2D eigenvalue weighted by Gasteiger charge is 2.10. The average Bonchev–Trinajstić information content (AvgIpc) is 2.14. The van der Waals surface area contributed by atoms with Crippen LogP contribution in [-0.2, 0) is 0 Å². The average molecular weight is 215 g/mol. The molecule has 0 aromatic rings. The van der Waals surface area contributed by atoms with Gasteiger partial charge in [0.25, 0.3) is 0 Å². The summed E-state index contributed by atoms with van der Waals surface area (Å²) in [7, 11) is 0. The number of rotatable bonds is 10. The molecule has 2 heteroatoms. The van der Waals surface area contributed by atoms with Crippen LogP contribution in [0.1, 0.15) is 65.7 Å². The second-order valence-electron chi connectivity index (χ2n) is 5.08. The van der Waals surface area contributed by atoms with Crippen LogP contribution in [0.3, 0.4) is 0 Å². The van der Waals surface area contributed by atoms with E-state index in [4.69, 9.17) is 0 Å². The smallest absolute Gasteiger partial charge is 0.0603 e. The van der Waals surface area contributed by atoms with Crippen LogP contribution in [0.4, 0.5) is 0 Å². The maximum absolute atomic E-state index is 9.48. The molecule has 0 heterocycles. The summed E-state index contributed by atoms with van der Waals surface area (Å²) >= 11 is 0. The summed E-state index contributed by atoms with van der Waals surface area (Å²) in [6, 6.07) is 0. The van der Waals surface area contributed by atoms with Crippen molar-refractivity contribution in [1.82, 2.24) is 5.32 Å². The number of hydrogen-bond acceptors (Lipinski definition) is 2. The molecule has 15 heavy (non-hydrogen) atoms. The maximum Gasteiger partial charge on any atom is 0.0603 e. The van der Waals surface area contributed by atoms with Gasteiger partial charge in [-0.25, -0.2) is 0 Å². The van der Waals surface area contributed by atoms with Crippen molar-refractivity contribution in [1.29, 1.82) is 0 Å². The van der Waals surface area contributed by atoms with Gasteiger partial charge in [-0.3, -0.25) is 0 Å². The Balaban J connectivity index is 2.99. The Morgan fingerprint density at radius 2 is 1.53 bits per heavy atom. The van der Waals surface area contributed by atoms with Gasteiger partial charge in [-0.1, -0.05) is 39.0 Å². The highest BCUT2D eigenvalue weighted by molar-refractivity contribution is 4.66. The third kappa shape index (κ3) is 13.9. The van der Waals surface area contributed by atoms with E-state index in [-0.39, 0.29) is 0 Å². The normalized spacial score (nSPS) is 12.0. The Labute approximate surface area is 95.5 Å². The van der Waals surface area contributed by atoms with Crippen molar-refractivity contribution in [2.75, 3.05) is 13.1 Å². The Morgan fingerprint density at radius 1 is 0.933 bits per heavy atom. The molecule has 0 amide bonds. The quantitative estimate of drug-likeness (QED) is 0.549. The summed E-state index contributed by atoms with van der Waals surface area (Å²) in [6.07, 6.45) is 8.92. The number of nitrogens with one attached hydrogen (secondary N) is 1. The van der Waals surface area contributed by atoms with Crippen molar-refractivity contribution in [3.63, 3.8) is 0 Å². The lowest BCUT2D eigenvalue weighted by molar-refractivity contribution is 0.0712. The molecular weight excluding hydrogens is 186 g/mol. The molecule has 2 N–H and O–H groups in total. The first-order valence-electron chi connectivity index (χ1n) is 6.49. The van der Waals surface area contributed by atoms with Crippen LogP contribution in [-0.4, -0.2) is 23.8 Å². The first-order valence-corrected chi connectivity index (χ1v) is 6.49. The zero-order valence-electron chi connectivity index (χ0n) is 10.8. The van der Waals surface area contributed by atoms with E-state index in [1.165, 1.54) is 38.5 Å². The van der Waals surface area contributed by atoms with Gasteiger partial charge >= 0.3 is 0 Å². The van der Waals surface area contributed by atoms with Crippen molar-refractivity contribution >= 4 is 0 Å². The topological polar surface area (TPSA) is 32.3 Å². The van der Waals surface area contributed by atoms with Crippen LogP contribution in [0.25, 0.3) is 0 Å². The molecule has 0 aromatic carbocycles. The van der Waals surface area contributed by atoms with Gasteiger partial charge in [0, 0.05) is 0 Å². The zero-order valence-corrected chi connectivity index (χ0v) is 10.8. The van der Waals surface area contributed by atoms with E-state index in [0.717, 1.165) is 19.5 Å². The van der Waals surface area contributed by atoms with E-state index in [1.54, 1.807) is 0 Å². The van der Waals surface area contributed by atoms with Crippen molar-refractivity contribution in [3.05, 3.63) is 0 Å². The van der Waals surface area contributed by atoms with E-state index in [2.05, 4.69) is 12.2 Å². The van der Waals surface area contributed by atoms with Crippen molar-refractivity contribution in [3.8, 4) is 0 Å². The third-order valence-corrected chi connectivity index (χ3v) is 2.62. The molecule has 0 rings (SSSR count). The van der Waals surface area contributed by atoms with Gasteiger partial charge in [0.05, 0.1) is 5.60 Å². The van der Waals surface area contributed by atoms with Gasteiger partial charge < -0.3 is 10.4 Å².